The third kappa shape index (κ3) is 48.1. The van der Waals surface area contributed by atoms with E-state index in [0.717, 1.165) is 0 Å². The average Bonchev–Trinajstić information content (AvgIpc) is 2.64. The van der Waals surface area contributed by atoms with Crippen molar-refractivity contribution in [3.05, 3.63) is 0 Å². The van der Waals surface area contributed by atoms with Gasteiger partial charge in [0.1, 0.15) is 5.78 Å². The lowest BCUT2D eigenvalue weighted by molar-refractivity contribution is -0.134. The van der Waals surface area contributed by atoms with E-state index in [1.165, 1.54) is 12.8 Å². The van der Waals surface area contributed by atoms with Gasteiger partial charge in [0.05, 0.1) is 0 Å². The molecule has 0 aromatic rings. The molecule has 0 saturated carbocycles. The topological polar surface area (TPSA) is 17.1 Å². The van der Waals surface area contributed by atoms with E-state index in [9.17, 15) is 4.79 Å². The summed E-state index contributed by atoms with van der Waals surface area (Å²) in [6.07, 6.45) is 2.66. The molecule has 246 valence electrons. The minimum atomic E-state index is -0.196. The minimum absolute atomic E-state index is 0.0621. The minimum Gasteiger partial charge on any atom is -0.299 e. The molecule has 0 saturated heterocycles. The molecule has 0 fully saturated rings. The number of rotatable bonds is 1. The van der Waals surface area contributed by atoms with Crippen molar-refractivity contribution < 1.29 is 4.79 Å². The first-order valence-electron chi connectivity index (χ1n) is 15.9. The third-order valence-electron chi connectivity index (χ3n) is 4.74. The molecular weight excluding hydrogens is 508 g/mol. The molecular formula is C41H76O. The number of hydrogen-bond donors (Lipinski definition) is 0. The second-order valence-electron chi connectivity index (χ2n) is 20.2. The molecule has 0 heterocycles. The molecule has 1 heteroatoms. The van der Waals surface area contributed by atoms with Gasteiger partial charge < -0.3 is 0 Å². The predicted molar refractivity (Wildman–Crippen MR) is 193 cm³/mol. The van der Waals surface area contributed by atoms with Gasteiger partial charge in [0.25, 0.3) is 0 Å². The molecule has 0 spiro atoms. The van der Waals surface area contributed by atoms with E-state index in [2.05, 4.69) is 160 Å². The van der Waals surface area contributed by atoms with Crippen LogP contribution < -0.4 is 0 Å². The summed E-state index contributed by atoms with van der Waals surface area (Å²) in [5.74, 6) is 18.6. The van der Waals surface area contributed by atoms with E-state index in [1.807, 2.05) is 41.5 Å². The summed E-state index contributed by atoms with van der Waals surface area (Å²) < 4.78 is 0. The van der Waals surface area contributed by atoms with Gasteiger partial charge in [0, 0.05) is 32.5 Å². The van der Waals surface area contributed by atoms with Crippen LogP contribution in [0, 0.1) is 78.8 Å². The molecule has 1 nitrogen and oxygen atoms in total. The first kappa shape index (κ1) is 47.3. The Morgan fingerprint density at radius 2 is 0.548 bits per heavy atom. The maximum Gasteiger partial charge on any atom is 0.143 e. The molecule has 0 N–H and O–H groups in total. The van der Waals surface area contributed by atoms with E-state index >= 15 is 0 Å². The van der Waals surface area contributed by atoms with E-state index in [4.69, 9.17) is 0 Å². The largest absolute Gasteiger partial charge is 0.299 e. The van der Waals surface area contributed by atoms with Crippen LogP contribution in [0.2, 0.25) is 0 Å². The van der Waals surface area contributed by atoms with E-state index in [1.54, 1.807) is 0 Å². The summed E-state index contributed by atoms with van der Waals surface area (Å²) in [4.78, 5) is 11.5. The first-order valence-corrected chi connectivity index (χ1v) is 15.9. The standard InChI is InChI=1S/C12H18.C10H22.C10H18.C9H18O/c1-11(2,3)9-7-8-10-12(4,5)6;2*1-9(2,3)7-8-10(4,5)6;1-8(2,3)7(10)9(4,5)6/h1-6H3;7-8H2,1-6H3;2*1-6H3. The molecule has 42 heavy (non-hydrogen) atoms. The van der Waals surface area contributed by atoms with Crippen LogP contribution in [-0.2, 0) is 4.79 Å². The van der Waals surface area contributed by atoms with Crippen molar-refractivity contribution in [2.24, 2.45) is 43.3 Å². The molecule has 0 aliphatic carbocycles. The van der Waals surface area contributed by atoms with Gasteiger partial charge in [-0.15, -0.1) is 0 Å². The molecule has 0 aromatic heterocycles. The fourth-order valence-electron chi connectivity index (χ4n) is 2.69. The zero-order chi connectivity index (χ0) is 35.2. The summed E-state index contributed by atoms with van der Waals surface area (Å²) in [6.45, 7) is 50.9. The van der Waals surface area contributed by atoms with Gasteiger partial charge in [0.15, 0.2) is 0 Å². The zero-order valence-corrected chi connectivity index (χ0v) is 33.3. The maximum absolute atomic E-state index is 11.5. The van der Waals surface area contributed by atoms with Gasteiger partial charge in [-0.2, -0.15) is 0 Å². The Balaban J connectivity index is -0.000000230. The Morgan fingerprint density at radius 1 is 0.357 bits per heavy atom. The fraction of sp³-hybridized carbons (Fsp3) is 0.829. The molecule has 0 amide bonds. The lowest BCUT2D eigenvalue weighted by Crippen LogP contribution is -2.32. The monoisotopic (exact) mass is 585 g/mol. The molecule has 0 rings (SSSR count). The molecule has 0 aliphatic heterocycles. The van der Waals surface area contributed by atoms with Crippen LogP contribution >= 0.6 is 0 Å². The summed E-state index contributed by atoms with van der Waals surface area (Å²) in [7, 11) is 0. The van der Waals surface area contributed by atoms with Gasteiger partial charge in [-0.05, 0) is 119 Å². The van der Waals surface area contributed by atoms with Crippen molar-refractivity contribution >= 4 is 5.78 Å². The van der Waals surface area contributed by atoms with Gasteiger partial charge >= 0.3 is 0 Å². The molecule has 0 aliphatic rings. The van der Waals surface area contributed by atoms with Gasteiger partial charge in [-0.25, -0.2) is 0 Å². The Labute approximate surface area is 268 Å². The van der Waals surface area contributed by atoms with Crippen LogP contribution in [0.25, 0.3) is 0 Å². The lowest BCUT2D eigenvalue weighted by Gasteiger charge is -2.26. The van der Waals surface area contributed by atoms with Crippen LogP contribution in [0.3, 0.4) is 0 Å². The van der Waals surface area contributed by atoms with E-state index < -0.39 is 0 Å². The van der Waals surface area contributed by atoms with Crippen LogP contribution in [-0.4, -0.2) is 5.78 Å². The normalized spacial score (nSPS) is 12.5. The van der Waals surface area contributed by atoms with Gasteiger partial charge in [0.2, 0.25) is 0 Å². The number of Topliss-reactive ketones (excluding diaryl/α,β-unsaturated/α-hetero) is 1. The molecule has 0 aromatic carbocycles. The first-order chi connectivity index (χ1) is 17.8. The van der Waals surface area contributed by atoms with Crippen LogP contribution in [0.4, 0.5) is 0 Å². The summed E-state index contributed by atoms with van der Waals surface area (Å²) in [5.41, 5.74) is 1.04. The Kier molecular flexibility index (Phi) is 19.8. The second-order valence-corrected chi connectivity index (χ2v) is 20.2. The van der Waals surface area contributed by atoms with E-state index in [0.29, 0.717) is 16.6 Å². The number of carbonyl (C=O) groups is 1. The van der Waals surface area contributed by atoms with Crippen molar-refractivity contribution in [2.45, 2.75) is 179 Å². The highest BCUT2D eigenvalue weighted by atomic mass is 16.1. The Morgan fingerprint density at radius 3 is 0.643 bits per heavy atom. The summed E-state index contributed by atoms with van der Waals surface area (Å²) in [6, 6.07) is 0. The number of ketones is 1. The highest BCUT2D eigenvalue weighted by molar-refractivity contribution is 5.88. The molecule has 0 bridgehead atoms. The number of carbonyl (C=O) groups excluding carboxylic acids is 1. The molecule has 0 atom stereocenters. The Bertz CT molecular complexity index is 864. The number of hydrogen-bond acceptors (Lipinski definition) is 1. The SMILES string of the molecule is CC(C)(C)C#CC#CC(C)(C)C.CC(C)(C)C#CC(C)(C)C.CC(C)(C)C(=O)C(C)(C)C.CC(C)(C)CCC(C)(C)C. The summed E-state index contributed by atoms with van der Waals surface area (Å²) >= 11 is 0. The maximum atomic E-state index is 11.5. The second kappa shape index (κ2) is 17.6. The van der Waals surface area contributed by atoms with Crippen molar-refractivity contribution in [1.29, 1.82) is 0 Å². The molecule has 0 radical (unpaired) electrons. The highest BCUT2D eigenvalue weighted by Crippen LogP contribution is 2.29. The smallest absolute Gasteiger partial charge is 0.143 e. The van der Waals surface area contributed by atoms with Crippen molar-refractivity contribution in [3.8, 4) is 35.5 Å². The fourth-order valence-corrected chi connectivity index (χ4v) is 2.69. The van der Waals surface area contributed by atoms with Crippen LogP contribution in [0.1, 0.15) is 179 Å². The van der Waals surface area contributed by atoms with E-state index in [-0.39, 0.29) is 32.5 Å². The quantitative estimate of drug-likeness (QED) is 0.280. The highest BCUT2D eigenvalue weighted by Gasteiger charge is 2.31. The van der Waals surface area contributed by atoms with Crippen molar-refractivity contribution in [1.82, 2.24) is 0 Å². The van der Waals surface area contributed by atoms with Crippen molar-refractivity contribution in [2.75, 3.05) is 0 Å². The third-order valence-corrected chi connectivity index (χ3v) is 4.74. The Hall–Kier alpha value is -1.65. The lowest BCUT2D eigenvalue weighted by atomic mass is 9.76. The van der Waals surface area contributed by atoms with Gasteiger partial charge in [-0.3, -0.25) is 4.79 Å². The van der Waals surface area contributed by atoms with Crippen molar-refractivity contribution in [3.63, 3.8) is 0 Å². The average molecular weight is 585 g/mol. The predicted octanol–water partition coefficient (Wildman–Crippen LogP) is 12.7. The molecule has 0 unspecified atom stereocenters. The van der Waals surface area contributed by atoms with Crippen LogP contribution in [0.15, 0.2) is 0 Å². The van der Waals surface area contributed by atoms with Gasteiger partial charge in [-0.1, -0.05) is 107 Å². The van der Waals surface area contributed by atoms with Crippen LogP contribution in [0.5, 0.6) is 0 Å². The summed E-state index contributed by atoms with van der Waals surface area (Å²) in [5, 5.41) is 0. The zero-order valence-electron chi connectivity index (χ0n) is 33.3.